The highest BCUT2D eigenvalue weighted by molar-refractivity contribution is 5.99. The Kier molecular flexibility index (Phi) is 15.8. The Morgan fingerprint density at radius 2 is 1.15 bits per heavy atom. The van der Waals surface area contributed by atoms with E-state index in [9.17, 15) is 33.6 Å². The molecule has 1 fully saturated rings. The molecule has 0 radical (unpaired) electrons. The molecule has 7 amide bonds. The zero-order valence-electron chi connectivity index (χ0n) is 31.5. The summed E-state index contributed by atoms with van der Waals surface area (Å²) >= 11 is 0. The van der Waals surface area contributed by atoms with Gasteiger partial charge in [-0.15, -0.1) is 0 Å². The van der Waals surface area contributed by atoms with Crippen LogP contribution in [0.4, 0.5) is 0 Å². The van der Waals surface area contributed by atoms with Crippen molar-refractivity contribution in [3.63, 3.8) is 0 Å². The smallest absolute Gasteiger partial charge is 0.243 e. The number of fused-ring (bicyclic) bond motifs is 1. The molecule has 0 aliphatic carbocycles. The normalized spacial score (nSPS) is 24.2. The molecule has 0 spiro atoms. The van der Waals surface area contributed by atoms with E-state index in [0.29, 0.717) is 12.0 Å². The first-order chi connectivity index (χ1) is 25.0. The molecule has 1 aromatic heterocycles. The van der Waals surface area contributed by atoms with Crippen molar-refractivity contribution in [2.24, 2.45) is 29.2 Å². The van der Waals surface area contributed by atoms with Crippen LogP contribution in [0.5, 0.6) is 0 Å². The molecule has 3 unspecified atom stereocenters. The summed E-state index contributed by atoms with van der Waals surface area (Å²) in [6, 6.07) is 0.146. The van der Waals surface area contributed by atoms with Crippen LogP contribution in [-0.4, -0.2) is 89.1 Å². The number of hydrogen-bond donors (Lipinski definition) is 9. The average Bonchev–Trinajstić information content (AvgIpc) is 3.48. The lowest BCUT2D eigenvalue weighted by atomic mass is 9.97. The maximum absolute atomic E-state index is 14.2. The number of nitrogens with one attached hydrogen (secondary N) is 7. The van der Waals surface area contributed by atoms with Crippen LogP contribution in [0.25, 0.3) is 10.9 Å². The van der Waals surface area contributed by atoms with E-state index in [1.165, 1.54) is 0 Å². The van der Waals surface area contributed by atoms with Crippen LogP contribution in [0.1, 0.15) is 79.2 Å². The maximum Gasteiger partial charge on any atom is 0.243 e. The molecule has 16 heteroatoms. The number of aromatic nitrogens is 1. The minimum Gasteiger partial charge on any atom is -0.370 e. The third-order valence-electron chi connectivity index (χ3n) is 9.03. The highest BCUT2D eigenvalue weighted by Crippen LogP contribution is 2.20. The molecule has 16 nitrogen and oxygen atoms in total. The number of carbonyl (C=O) groups excluding carboxylic acids is 7. The number of hydrogen-bond acceptors (Lipinski definition) is 8. The van der Waals surface area contributed by atoms with Gasteiger partial charge < -0.3 is 48.4 Å². The maximum atomic E-state index is 14.2. The van der Waals surface area contributed by atoms with Crippen molar-refractivity contribution >= 4 is 52.3 Å². The van der Waals surface area contributed by atoms with Crippen LogP contribution in [0.2, 0.25) is 0 Å². The number of benzene rings is 1. The van der Waals surface area contributed by atoms with Gasteiger partial charge >= 0.3 is 0 Å². The molecule has 2 heterocycles. The summed E-state index contributed by atoms with van der Waals surface area (Å²) in [5, 5.41) is 17.1. The number of amides is 7. The zero-order valence-corrected chi connectivity index (χ0v) is 31.5. The predicted octanol–water partition coefficient (Wildman–Crippen LogP) is -0.00470. The number of H-pyrrole nitrogens is 1. The standard InChI is InChI=1S/C37H57N9O7/c1-19(2)14-26-33(49)43-27(15-20(3)4)36(52)46-31(21(5)6)37(53)45-29(17-30(39)47)35(51)41-25(12-9-13-38)32(48)44-28(34(50)42-26)16-22-18-40-24-11-8-7-10-23(22)24/h7-8,10-11,18-21,25-29,31,40H,9,12-17,38H2,1-6H3,(H2,39,47)(H,41,51)(H,42,50)(H,43,49)(H,44,48)(H,45,53)(H,46,52)/t25?,26-,27+,28+,29?,31?/m0/s1. The summed E-state index contributed by atoms with van der Waals surface area (Å²) in [4.78, 5) is 98.5. The van der Waals surface area contributed by atoms with Crippen LogP contribution >= 0.6 is 0 Å². The van der Waals surface area contributed by atoms with Gasteiger partial charge in [-0.25, -0.2) is 0 Å². The first-order valence-corrected chi connectivity index (χ1v) is 18.4. The van der Waals surface area contributed by atoms with E-state index in [4.69, 9.17) is 11.5 Å². The molecule has 0 saturated carbocycles. The molecular formula is C37H57N9O7. The molecule has 292 valence electrons. The molecule has 53 heavy (non-hydrogen) atoms. The first kappa shape index (κ1) is 42.4. The Morgan fingerprint density at radius 3 is 1.72 bits per heavy atom. The van der Waals surface area contributed by atoms with E-state index in [1.807, 2.05) is 52.0 Å². The molecule has 1 aliphatic heterocycles. The fourth-order valence-electron chi connectivity index (χ4n) is 6.28. The van der Waals surface area contributed by atoms with E-state index in [-0.39, 0.29) is 44.1 Å². The Morgan fingerprint density at radius 1 is 0.660 bits per heavy atom. The SMILES string of the molecule is CC(C)C[C@@H]1NC(=O)[C@@H](Cc2c[nH]c3ccccc23)NC(=O)C(CCCN)NC(=O)C(CC(N)=O)NC(=O)C(C(C)C)NC(=O)[C@@H](CC(C)C)NC1=O. The summed E-state index contributed by atoms with van der Waals surface area (Å²) < 4.78 is 0. The Balaban J connectivity index is 2.14. The highest BCUT2D eigenvalue weighted by atomic mass is 16.2. The Labute approximate surface area is 310 Å². The minimum atomic E-state index is -1.50. The van der Waals surface area contributed by atoms with Gasteiger partial charge in [0.05, 0.1) is 6.42 Å². The van der Waals surface area contributed by atoms with Crippen molar-refractivity contribution in [1.29, 1.82) is 0 Å². The van der Waals surface area contributed by atoms with Crippen LogP contribution < -0.4 is 43.4 Å². The lowest BCUT2D eigenvalue weighted by Gasteiger charge is -2.30. The number of primary amides is 1. The lowest BCUT2D eigenvalue weighted by molar-refractivity contribution is -0.137. The van der Waals surface area contributed by atoms with Gasteiger partial charge in [0.15, 0.2) is 0 Å². The van der Waals surface area contributed by atoms with E-state index in [2.05, 4.69) is 36.9 Å². The number of carbonyl (C=O) groups is 7. The zero-order chi connectivity index (χ0) is 39.4. The van der Waals surface area contributed by atoms with E-state index < -0.39 is 89.9 Å². The second kappa shape index (κ2) is 19.7. The second-order valence-electron chi connectivity index (χ2n) is 15.0. The average molecular weight is 740 g/mol. The van der Waals surface area contributed by atoms with Gasteiger partial charge in [0.2, 0.25) is 41.4 Å². The van der Waals surface area contributed by atoms with Gasteiger partial charge in [0.1, 0.15) is 36.3 Å². The Bertz CT molecular complexity index is 1620. The molecule has 1 aromatic carbocycles. The van der Waals surface area contributed by atoms with Crippen molar-refractivity contribution in [1.82, 2.24) is 36.9 Å². The molecule has 11 N–H and O–H groups in total. The number of rotatable bonds is 12. The number of para-hydroxylation sites is 1. The molecular weight excluding hydrogens is 682 g/mol. The van der Waals surface area contributed by atoms with Crippen molar-refractivity contribution < 1.29 is 33.6 Å². The van der Waals surface area contributed by atoms with Crippen molar-refractivity contribution in [2.75, 3.05) is 6.54 Å². The third kappa shape index (κ3) is 12.6. The summed E-state index contributed by atoms with van der Waals surface area (Å²) in [5.41, 5.74) is 12.7. The van der Waals surface area contributed by atoms with E-state index >= 15 is 0 Å². The molecule has 1 saturated heterocycles. The summed E-state index contributed by atoms with van der Waals surface area (Å²) in [6.07, 6.45) is 1.95. The number of aromatic amines is 1. The second-order valence-corrected chi connectivity index (χ2v) is 15.0. The monoisotopic (exact) mass is 739 g/mol. The lowest BCUT2D eigenvalue weighted by Crippen LogP contribution is -2.62. The van der Waals surface area contributed by atoms with Gasteiger partial charge in [-0.3, -0.25) is 33.6 Å². The summed E-state index contributed by atoms with van der Waals surface area (Å²) in [7, 11) is 0. The molecule has 0 bridgehead atoms. The van der Waals surface area contributed by atoms with Crippen LogP contribution in [0.15, 0.2) is 30.5 Å². The molecule has 1 aliphatic rings. The van der Waals surface area contributed by atoms with Crippen molar-refractivity contribution in [2.45, 2.75) is 116 Å². The quantitative estimate of drug-likeness (QED) is 0.143. The number of nitrogens with two attached hydrogens (primary N) is 2. The topological polar surface area (TPSA) is 260 Å². The molecule has 3 rings (SSSR count). The molecule has 2 aromatic rings. The largest absolute Gasteiger partial charge is 0.370 e. The summed E-state index contributed by atoms with van der Waals surface area (Å²) in [5.74, 6) is -5.74. The van der Waals surface area contributed by atoms with Gasteiger partial charge in [-0.2, -0.15) is 0 Å². The first-order valence-electron chi connectivity index (χ1n) is 18.4. The fraction of sp³-hybridized carbons (Fsp3) is 0.595. The highest BCUT2D eigenvalue weighted by Gasteiger charge is 2.36. The Hall–Kier alpha value is -4.99. The minimum absolute atomic E-state index is 0.0183. The summed E-state index contributed by atoms with van der Waals surface area (Å²) in [6.45, 7) is 11.1. The molecule has 6 atom stereocenters. The van der Waals surface area contributed by atoms with Gasteiger partial charge in [-0.05, 0) is 61.6 Å². The van der Waals surface area contributed by atoms with E-state index in [1.54, 1.807) is 20.0 Å². The van der Waals surface area contributed by atoms with Gasteiger partial charge in [0, 0.05) is 23.5 Å². The van der Waals surface area contributed by atoms with E-state index in [0.717, 1.165) is 10.9 Å². The van der Waals surface area contributed by atoms with Crippen LogP contribution in [-0.2, 0) is 40.0 Å². The predicted molar refractivity (Wildman–Crippen MR) is 199 cm³/mol. The van der Waals surface area contributed by atoms with Gasteiger partial charge in [-0.1, -0.05) is 59.7 Å². The van der Waals surface area contributed by atoms with Crippen LogP contribution in [0.3, 0.4) is 0 Å². The van der Waals surface area contributed by atoms with Crippen molar-refractivity contribution in [3.8, 4) is 0 Å². The van der Waals surface area contributed by atoms with Crippen molar-refractivity contribution in [3.05, 3.63) is 36.0 Å². The third-order valence-corrected chi connectivity index (χ3v) is 9.03. The van der Waals surface area contributed by atoms with Crippen LogP contribution in [0, 0.1) is 17.8 Å². The van der Waals surface area contributed by atoms with Gasteiger partial charge in [0.25, 0.3) is 0 Å². The fourth-order valence-corrected chi connectivity index (χ4v) is 6.28.